The third-order valence-electron chi connectivity index (χ3n) is 2.63. The summed E-state index contributed by atoms with van der Waals surface area (Å²) in [6.07, 6.45) is 0. The van der Waals surface area contributed by atoms with Crippen LogP contribution in [0, 0.1) is 6.92 Å². The van der Waals surface area contributed by atoms with Crippen molar-refractivity contribution in [3.63, 3.8) is 0 Å². The minimum atomic E-state index is -0.141. The van der Waals surface area contributed by atoms with Crippen LogP contribution >= 0.6 is 27.3 Å². The lowest BCUT2D eigenvalue weighted by Gasteiger charge is -2.10. The molecule has 6 heteroatoms. The summed E-state index contributed by atoms with van der Waals surface area (Å²) in [6.45, 7) is 2.46. The van der Waals surface area contributed by atoms with Crippen molar-refractivity contribution in [1.82, 2.24) is 5.32 Å². The van der Waals surface area contributed by atoms with Gasteiger partial charge in [0.05, 0.1) is 21.6 Å². The van der Waals surface area contributed by atoms with Gasteiger partial charge in [0.2, 0.25) is 0 Å². The van der Waals surface area contributed by atoms with Crippen LogP contribution in [-0.4, -0.2) is 5.91 Å². The number of nitrogen functional groups attached to an aromatic ring is 1. The average molecular weight is 340 g/mol. The minimum absolute atomic E-state index is 0.141. The van der Waals surface area contributed by atoms with E-state index in [0.717, 1.165) is 14.2 Å². The van der Waals surface area contributed by atoms with Gasteiger partial charge >= 0.3 is 0 Å². The number of nitrogens with two attached hydrogens (primary N) is 1. The van der Waals surface area contributed by atoms with Crippen molar-refractivity contribution in [2.75, 3.05) is 5.43 Å². The summed E-state index contributed by atoms with van der Waals surface area (Å²) in [4.78, 5) is 13.2. The Hall–Kier alpha value is -1.37. The molecule has 19 heavy (non-hydrogen) atoms. The van der Waals surface area contributed by atoms with Gasteiger partial charge in [0.1, 0.15) is 0 Å². The molecule has 0 saturated carbocycles. The summed E-state index contributed by atoms with van der Waals surface area (Å²) in [7, 11) is 0. The molecular weight excluding hydrogens is 326 g/mol. The second-order valence-electron chi connectivity index (χ2n) is 4.08. The van der Waals surface area contributed by atoms with Gasteiger partial charge in [-0.1, -0.05) is 6.07 Å². The highest BCUT2D eigenvalue weighted by molar-refractivity contribution is 9.11. The quantitative estimate of drug-likeness (QED) is 0.592. The first-order valence-electron chi connectivity index (χ1n) is 5.70. The van der Waals surface area contributed by atoms with Crippen LogP contribution in [0.5, 0.6) is 0 Å². The van der Waals surface area contributed by atoms with E-state index < -0.39 is 0 Å². The zero-order valence-electron chi connectivity index (χ0n) is 10.4. The summed E-state index contributed by atoms with van der Waals surface area (Å²) < 4.78 is 1.05. The standard InChI is InChI=1S/C13H14BrN3OS/c1-8-2-4-10(11(6-8)17-15)13(18)16-7-9-3-5-12(14)19-9/h2-6,17H,7,15H2,1H3,(H,16,18). The van der Waals surface area contributed by atoms with Crippen LogP contribution in [-0.2, 0) is 6.54 Å². The molecule has 0 bridgehead atoms. The molecule has 4 N–H and O–H groups in total. The molecule has 100 valence electrons. The minimum Gasteiger partial charge on any atom is -0.347 e. The summed E-state index contributed by atoms with van der Waals surface area (Å²) in [5, 5.41) is 2.88. The van der Waals surface area contributed by atoms with Crippen LogP contribution in [0.4, 0.5) is 5.69 Å². The van der Waals surface area contributed by atoms with Crippen LogP contribution in [0.2, 0.25) is 0 Å². The fourth-order valence-electron chi connectivity index (χ4n) is 1.68. The molecule has 0 fully saturated rings. The first-order valence-corrected chi connectivity index (χ1v) is 7.31. The van der Waals surface area contributed by atoms with E-state index >= 15 is 0 Å². The van der Waals surface area contributed by atoms with E-state index in [1.165, 1.54) is 0 Å². The number of hydrogen-bond acceptors (Lipinski definition) is 4. The van der Waals surface area contributed by atoms with E-state index in [1.807, 2.05) is 31.2 Å². The molecule has 0 unspecified atom stereocenters. The summed E-state index contributed by atoms with van der Waals surface area (Å²) in [5.74, 6) is 5.29. The number of rotatable bonds is 4. The molecule has 0 aliphatic heterocycles. The van der Waals surface area contributed by atoms with Crippen molar-refractivity contribution < 1.29 is 4.79 Å². The molecule has 0 atom stereocenters. The third-order valence-corrected chi connectivity index (χ3v) is 4.25. The van der Waals surface area contributed by atoms with Gasteiger partial charge in [-0.2, -0.15) is 0 Å². The number of halogens is 1. The number of thiophene rings is 1. The fourth-order valence-corrected chi connectivity index (χ4v) is 3.11. The van der Waals surface area contributed by atoms with Gasteiger partial charge in [-0.05, 0) is 52.7 Å². The Morgan fingerprint density at radius 1 is 1.37 bits per heavy atom. The van der Waals surface area contributed by atoms with Crippen LogP contribution in [0.3, 0.4) is 0 Å². The maximum Gasteiger partial charge on any atom is 0.253 e. The van der Waals surface area contributed by atoms with Crippen molar-refractivity contribution >= 4 is 38.9 Å². The van der Waals surface area contributed by atoms with Gasteiger partial charge in [-0.15, -0.1) is 11.3 Å². The predicted octanol–water partition coefficient (Wildman–Crippen LogP) is 3.03. The smallest absolute Gasteiger partial charge is 0.253 e. The SMILES string of the molecule is Cc1ccc(C(=O)NCc2ccc(Br)s2)c(NN)c1. The average Bonchev–Trinajstić information content (AvgIpc) is 2.81. The predicted molar refractivity (Wildman–Crippen MR) is 82.2 cm³/mol. The molecule has 0 saturated heterocycles. The van der Waals surface area contributed by atoms with E-state index in [0.29, 0.717) is 17.8 Å². The van der Waals surface area contributed by atoms with Crippen LogP contribution in [0.25, 0.3) is 0 Å². The molecule has 2 aromatic rings. The Balaban J connectivity index is 2.07. The van der Waals surface area contributed by atoms with Gasteiger partial charge in [0.25, 0.3) is 5.91 Å². The summed E-state index contributed by atoms with van der Waals surface area (Å²) >= 11 is 4.99. The largest absolute Gasteiger partial charge is 0.347 e. The lowest BCUT2D eigenvalue weighted by molar-refractivity contribution is 0.0952. The number of aryl methyl sites for hydroxylation is 1. The number of carbonyl (C=O) groups excluding carboxylic acids is 1. The van der Waals surface area contributed by atoms with Gasteiger partial charge in [-0.25, -0.2) is 0 Å². The van der Waals surface area contributed by atoms with Crippen LogP contribution in [0.15, 0.2) is 34.1 Å². The lowest BCUT2D eigenvalue weighted by atomic mass is 10.1. The van der Waals surface area contributed by atoms with Gasteiger partial charge in [0.15, 0.2) is 0 Å². The van der Waals surface area contributed by atoms with Crippen LogP contribution in [0.1, 0.15) is 20.8 Å². The number of hydrazine groups is 1. The second kappa shape index (κ2) is 6.18. The van der Waals surface area contributed by atoms with Gasteiger partial charge in [0, 0.05) is 4.88 Å². The lowest BCUT2D eigenvalue weighted by Crippen LogP contribution is -2.24. The second-order valence-corrected chi connectivity index (χ2v) is 6.63. The van der Waals surface area contributed by atoms with Crippen molar-refractivity contribution in [3.05, 3.63) is 50.1 Å². The highest BCUT2D eigenvalue weighted by atomic mass is 79.9. The van der Waals surface area contributed by atoms with Crippen LogP contribution < -0.4 is 16.6 Å². The van der Waals surface area contributed by atoms with Crippen molar-refractivity contribution in [3.8, 4) is 0 Å². The van der Waals surface area contributed by atoms with E-state index in [2.05, 4.69) is 26.7 Å². The highest BCUT2D eigenvalue weighted by Gasteiger charge is 2.11. The third kappa shape index (κ3) is 3.56. The molecule has 0 radical (unpaired) electrons. The molecule has 0 aliphatic rings. The first-order chi connectivity index (χ1) is 9.10. The number of hydrogen-bond donors (Lipinski definition) is 3. The highest BCUT2D eigenvalue weighted by Crippen LogP contribution is 2.22. The fraction of sp³-hybridized carbons (Fsp3) is 0.154. The zero-order chi connectivity index (χ0) is 13.8. The summed E-state index contributed by atoms with van der Waals surface area (Å²) in [5.41, 5.74) is 4.78. The number of benzene rings is 1. The number of anilines is 1. The first kappa shape index (κ1) is 14.0. The van der Waals surface area contributed by atoms with Crippen molar-refractivity contribution in [2.45, 2.75) is 13.5 Å². The molecule has 0 spiro atoms. The Morgan fingerprint density at radius 2 is 2.16 bits per heavy atom. The van der Waals surface area contributed by atoms with E-state index in [9.17, 15) is 4.79 Å². The zero-order valence-corrected chi connectivity index (χ0v) is 12.8. The topological polar surface area (TPSA) is 67.2 Å². The monoisotopic (exact) mass is 339 g/mol. The van der Waals surface area contributed by atoms with Crippen molar-refractivity contribution in [1.29, 1.82) is 0 Å². The normalized spacial score (nSPS) is 10.3. The van der Waals surface area contributed by atoms with E-state index in [4.69, 9.17) is 5.84 Å². The van der Waals surface area contributed by atoms with Crippen molar-refractivity contribution in [2.24, 2.45) is 5.84 Å². The van der Waals surface area contributed by atoms with Gasteiger partial charge in [-0.3, -0.25) is 10.6 Å². The van der Waals surface area contributed by atoms with Gasteiger partial charge < -0.3 is 10.7 Å². The molecule has 1 heterocycles. The molecule has 0 aliphatic carbocycles. The Bertz CT molecular complexity index is 597. The number of nitrogens with one attached hydrogen (secondary N) is 2. The molecule has 2 rings (SSSR count). The molecule has 4 nitrogen and oxygen atoms in total. The summed E-state index contributed by atoms with van der Waals surface area (Å²) in [6, 6.07) is 9.44. The van der Waals surface area contributed by atoms with E-state index in [-0.39, 0.29) is 5.91 Å². The molecular formula is C13H14BrN3OS. The number of amides is 1. The molecule has 1 amide bonds. The Kier molecular flexibility index (Phi) is 4.57. The Labute approximate surface area is 124 Å². The maximum atomic E-state index is 12.1. The van der Waals surface area contributed by atoms with E-state index in [1.54, 1.807) is 17.4 Å². The maximum absolute atomic E-state index is 12.1. The number of carbonyl (C=O) groups is 1. The Morgan fingerprint density at radius 3 is 2.79 bits per heavy atom. The molecule has 1 aromatic carbocycles. The molecule has 1 aromatic heterocycles.